The average molecular weight is 200 g/mol. The quantitative estimate of drug-likeness (QED) is 0.760. The third-order valence-electron chi connectivity index (χ3n) is 1.17. The zero-order valence-corrected chi connectivity index (χ0v) is 7.74. The highest BCUT2D eigenvalue weighted by Gasteiger charge is 2.09. The van der Waals surface area contributed by atoms with Crippen LogP contribution in [0.5, 0.6) is 0 Å². The van der Waals surface area contributed by atoms with Gasteiger partial charge in [0.15, 0.2) is 5.15 Å². The van der Waals surface area contributed by atoms with Gasteiger partial charge in [-0.15, -0.1) is 6.58 Å². The molecule has 1 rings (SSSR count). The van der Waals surface area contributed by atoms with Gasteiger partial charge < -0.3 is 5.32 Å². The minimum absolute atomic E-state index is 0.258. The van der Waals surface area contributed by atoms with E-state index >= 15 is 0 Å². The van der Waals surface area contributed by atoms with E-state index in [4.69, 9.17) is 16.9 Å². The van der Waals surface area contributed by atoms with Crippen LogP contribution in [0.1, 0.15) is 5.56 Å². The fraction of sp³-hybridized carbons (Fsp3) is 0.143. The van der Waals surface area contributed by atoms with Crippen LogP contribution in [0, 0.1) is 11.3 Å². The lowest BCUT2D eigenvalue weighted by atomic mass is 10.4. The van der Waals surface area contributed by atoms with Crippen LogP contribution in [0.2, 0.25) is 5.15 Å². The van der Waals surface area contributed by atoms with Crippen molar-refractivity contribution in [2.24, 2.45) is 0 Å². The zero-order valence-electron chi connectivity index (χ0n) is 6.17. The van der Waals surface area contributed by atoms with Gasteiger partial charge in [0.25, 0.3) is 0 Å². The number of hydrogen-bond donors (Lipinski definition) is 1. The molecule has 3 nitrogen and oxygen atoms in total. The topological polar surface area (TPSA) is 48.7 Å². The summed E-state index contributed by atoms with van der Waals surface area (Å²) in [6.07, 6.45) is 1.70. The second-order valence-corrected chi connectivity index (χ2v) is 3.09. The normalized spacial score (nSPS) is 9.00. The Balaban J connectivity index is 2.85. The maximum atomic E-state index is 8.65. The predicted molar refractivity (Wildman–Crippen MR) is 50.5 cm³/mol. The summed E-state index contributed by atoms with van der Waals surface area (Å²) in [6, 6.07) is 1.97. The molecule has 12 heavy (non-hydrogen) atoms. The first-order valence-corrected chi connectivity index (χ1v) is 4.34. The van der Waals surface area contributed by atoms with Crippen molar-refractivity contribution in [3.05, 3.63) is 23.4 Å². The minimum Gasteiger partial charge on any atom is -0.371 e. The van der Waals surface area contributed by atoms with Crippen molar-refractivity contribution in [3.8, 4) is 6.07 Å². The summed E-state index contributed by atoms with van der Waals surface area (Å²) in [6.45, 7) is 4.15. The van der Waals surface area contributed by atoms with Crippen LogP contribution in [-0.2, 0) is 0 Å². The monoisotopic (exact) mass is 199 g/mol. The van der Waals surface area contributed by atoms with Gasteiger partial charge >= 0.3 is 0 Å². The molecule has 0 atom stereocenters. The maximum absolute atomic E-state index is 8.65. The summed E-state index contributed by atoms with van der Waals surface area (Å²) in [5, 5.41) is 12.6. The van der Waals surface area contributed by atoms with E-state index in [1.807, 2.05) is 6.07 Å². The number of aromatic nitrogens is 1. The molecule has 62 valence electrons. The molecule has 0 fully saturated rings. The summed E-state index contributed by atoms with van der Waals surface area (Å²) in [5.74, 6) is 0. The first kappa shape index (κ1) is 9.04. The van der Waals surface area contributed by atoms with Crippen LogP contribution >= 0.6 is 23.1 Å². The molecule has 0 unspecified atom stereocenters. The van der Waals surface area contributed by atoms with E-state index in [-0.39, 0.29) is 5.15 Å². The van der Waals surface area contributed by atoms with Crippen LogP contribution < -0.4 is 5.32 Å². The van der Waals surface area contributed by atoms with Crippen molar-refractivity contribution < 1.29 is 0 Å². The van der Waals surface area contributed by atoms with E-state index < -0.39 is 0 Å². The summed E-state index contributed by atoms with van der Waals surface area (Å²) >= 11 is 6.81. The Kier molecular flexibility index (Phi) is 3.09. The summed E-state index contributed by atoms with van der Waals surface area (Å²) in [7, 11) is 0. The van der Waals surface area contributed by atoms with Crippen molar-refractivity contribution in [1.29, 1.82) is 5.26 Å². The largest absolute Gasteiger partial charge is 0.371 e. The number of rotatable bonds is 3. The third-order valence-corrected chi connectivity index (χ3v) is 2.35. The number of nitrogens with one attached hydrogen (secondary N) is 1. The zero-order chi connectivity index (χ0) is 8.97. The first-order valence-electron chi connectivity index (χ1n) is 3.19. The Morgan fingerprint density at radius 1 is 1.83 bits per heavy atom. The lowest BCUT2D eigenvalue weighted by molar-refractivity contribution is 1.36. The van der Waals surface area contributed by atoms with Gasteiger partial charge in [-0.2, -0.15) is 9.64 Å². The van der Waals surface area contributed by atoms with Gasteiger partial charge in [0.05, 0.1) is 0 Å². The standard InChI is InChI=1S/C7H6ClN3S/c1-2-3-10-7-5(4-9)6(8)11-12-7/h2,10H,1,3H2. The van der Waals surface area contributed by atoms with Crippen molar-refractivity contribution in [2.45, 2.75) is 0 Å². The number of nitriles is 1. The minimum atomic E-state index is 0.258. The molecule has 0 aromatic carbocycles. The molecule has 0 aliphatic heterocycles. The Morgan fingerprint density at radius 3 is 3.17 bits per heavy atom. The molecule has 0 amide bonds. The van der Waals surface area contributed by atoms with E-state index in [9.17, 15) is 0 Å². The molecule has 0 bridgehead atoms. The molecule has 5 heteroatoms. The smallest absolute Gasteiger partial charge is 0.162 e. The molecule has 1 aromatic heterocycles. The molecule has 0 spiro atoms. The van der Waals surface area contributed by atoms with Gasteiger partial charge in [0.2, 0.25) is 0 Å². The average Bonchev–Trinajstić information content (AvgIpc) is 2.43. The van der Waals surface area contributed by atoms with Gasteiger partial charge in [-0.25, -0.2) is 0 Å². The fourth-order valence-electron chi connectivity index (χ4n) is 0.653. The molecule has 1 N–H and O–H groups in total. The molecule has 1 heterocycles. The van der Waals surface area contributed by atoms with Crippen molar-refractivity contribution in [3.63, 3.8) is 0 Å². The number of hydrogen-bond acceptors (Lipinski definition) is 4. The molecular formula is C7H6ClN3S. The summed E-state index contributed by atoms with van der Waals surface area (Å²) in [5.41, 5.74) is 0.406. The summed E-state index contributed by atoms with van der Waals surface area (Å²) < 4.78 is 3.83. The Hall–Kier alpha value is -1.05. The highest BCUT2D eigenvalue weighted by Crippen LogP contribution is 2.26. The van der Waals surface area contributed by atoms with E-state index in [0.717, 1.165) is 0 Å². The molecule has 0 saturated heterocycles. The van der Waals surface area contributed by atoms with Crippen LogP contribution in [0.3, 0.4) is 0 Å². The lowest BCUT2D eigenvalue weighted by Crippen LogP contribution is -1.96. The molecule has 1 aromatic rings. The SMILES string of the molecule is C=CCNc1snc(Cl)c1C#N. The predicted octanol–water partition coefficient (Wildman–Crippen LogP) is 2.27. The van der Waals surface area contributed by atoms with E-state index in [1.54, 1.807) is 6.08 Å². The Bertz CT molecular complexity index is 326. The molecule has 0 radical (unpaired) electrons. The maximum Gasteiger partial charge on any atom is 0.162 e. The highest BCUT2D eigenvalue weighted by molar-refractivity contribution is 7.10. The van der Waals surface area contributed by atoms with Crippen molar-refractivity contribution in [1.82, 2.24) is 4.37 Å². The van der Waals surface area contributed by atoms with Gasteiger partial charge in [-0.3, -0.25) is 0 Å². The number of nitrogens with zero attached hydrogens (tertiary/aromatic N) is 2. The first-order chi connectivity index (χ1) is 5.79. The van der Waals surface area contributed by atoms with Crippen LogP contribution in [-0.4, -0.2) is 10.9 Å². The number of halogens is 1. The van der Waals surface area contributed by atoms with Crippen LogP contribution in [0.25, 0.3) is 0 Å². The van der Waals surface area contributed by atoms with Crippen LogP contribution in [0.15, 0.2) is 12.7 Å². The van der Waals surface area contributed by atoms with Gasteiger partial charge in [-0.05, 0) is 11.5 Å². The second-order valence-electron chi connectivity index (χ2n) is 1.96. The van der Waals surface area contributed by atoms with Gasteiger partial charge in [-0.1, -0.05) is 17.7 Å². The van der Waals surface area contributed by atoms with E-state index in [1.165, 1.54) is 11.5 Å². The van der Waals surface area contributed by atoms with Gasteiger partial charge in [0, 0.05) is 6.54 Å². The number of anilines is 1. The highest BCUT2D eigenvalue weighted by atomic mass is 35.5. The fourth-order valence-corrected chi connectivity index (χ4v) is 1.59. The Labute approximate surface area is 79.4 Å². The second kappa shape index (κ2) is 4.10. The third kappa shape index (κ3) is 1.76. The van der Waals surface area contributed by atoms with Crippen molar-refractivity contribution >= 4 is 28.1 Å². The van der Waals surface area contributed by atoms with Crippen molar-refractivity contribution in [2.75, 3.05) is 11.9 Å². The van der Waals surface area contributed by atoms with E-state index in [0.29, 0.717) is 17.1 Å². The molecular weight excluding hydrogens is 194 g/mol. The van der Waals surface area contributed by atoms with Crippen LogP contribution in [0.4, 0.5) is 5.00 Å². The molecule has 0 aliphatic carbocycles. The molecule has 0 aliphatic rings. The lowest BCUT2D eigenvalue weighted by Gasteiger charge is -1.96. The summed E-state index contributed by atoms with van der Waals surface area (Å²) in [4.78, 5) is 0. The van der Waals surface area contributed by atoms with Gasteiger partial charge in [0.1, 0.15) is 16.6 Å². The molecule has 0 saturated carbocycles. The van der Waals surface area contributed by atoms with E-state index in [2.05, 4.69) is 16.3 Å². The Morgan fingerprint density at radius 2 is 2.58 bits per heavy atom.